The minimum atomic E-state index is -0.388. The van der Waals surface area contributed by atoms with Gasteiger partial charge >= 0.3 is 0 Å². The number of hydrogen-bond donors (Lipinski definition) is 2. The molecule has 112 valence electrons. The first kappa shape index (κ1) is 15.3. The lowest BCUT2D eigenvalue weighted by molar-refractivity contribution is 0.0588. The third-order valence-electron chi connectivity index (χ3n) is 3.89. The van der Waals surface area contributed by atoms with Gasteiger partial charge in [-0.05, 0) is 55.5 Å². The van der Waals surface area contributed by atoms with Crippen LogP contribution >= 0.6 is 0 Å². The van der Waals surface area contributed by atoms with Gasteiger partial charge in [0.1, 0.15) is 5.75 Å². The Labute approximate surface area is 121 Å². The van der Waals surface area contributed by atoms with Gasteiger partial charge in [0.2, 0.25) is 0 Å². The Morgan fingerprint density at radius 1 is 1.40 bits per heavy atom. The number of aryl methyl sites for hydroxylation is 1. The molecule has 0 spiro atoms. The molecule has 4 heteroatoms. The zero-order valence-electron chi connectivity index (χ0n) is 12.4. The van der Waals surface area contributed by atoms with E-state index in [1.54, 1.807) is 14.2 Å². The Hall–Kier alpha value is -1.10. The van der Waals surface area contributed by atoms with Crippen molar-refractivity contribution in [2.45, 2.75) is 37.8 Å². The molecule has 0 heterocycles. The number of benzene rings is 1. The zero-order chi connectivity index (χ0) is 14.4. The maximum absolute atomic E-state index is 9.67. The number of fused-ring (bicyclic) bond motifs is 1. The van der Waals surface area contributed by atoms with Gasteiger partial charge in [-0.3, -0.25) is 0 Å². The molecule has 1 aliphatic rings. The van der Waals surface area contributed by atoms with Gasteiger partial charge in [-0.15, -0.1) is 0 Å². The Kier molecular flexibility index (Phi) is 5.83. The third-order valence-corrected chi connectivity index (χ3v) is 3.89. The molecule has 0 saturated heterocycles. The maximum Gasteiger partial charge on any atom is 0.119 e. The van der Waals surface area contributed by atoms with Crippen molar-refractivity contribution in [1.29, 1.82) is 0 Å². The molecule has 4 nitrogen and oxygen atoms in total. The topological polar surface area (TPSA) is 50.7 Å². The maximum atomic E-state index is 9.67. The molecule has 2 N–H and O–H groups in total. The summed E-state index contributed by atoms with van der Waals surface area (Å²) in [5, 5.41) is 13.2. The lowest BCUT2D eigenvalue weighted by atomic mass is 9.87. The van der Waals surface area contributed by atoms with E-state index in [0.717, 1.165) is 25.1 Å². The lowest BCUT2D eigenvalue weighted by Gasteiger charge is -2.27. The largest absolute Gasteiger partial charge is 0.497 e. The Morgan fingerprint density at radius 2 is 2.25 bits per heavy atom. The van der Waals surface area contributed by atoms with Crippen LogP contribution in [-0.2, 0) is 11.2 Å². The molecule has 0 fully saturated rings. The van der Waals surface area contributed by atoms with E-state index in [-0.39, 0.29) is 6.10 Å². The highest BCUT2D eigenvalue weighted by molar-refractivity contribution is 5.39. The van der Waals surface area contributed by atoms with Crippen molar-refractivity contribution < 1.29 is 14.6 Å². The predicted molar refractivity (Wildman–Crippen MR) is 79.2 cm³/mol. The van der Waals surface area contributed by atoms with Crippen molar-refractivity contribution in [2.75, 3.05) is 27.4 Å². The number of hydrogen-bond acceptors (Lipinski definition) is 4. The van der Waals surface area contributed by atoms with E-state index in [4.69, 9.17) is 9.47 Å². The van der Waals surface area contributed by atoms with Crippen LogP contribution < -0.4 is 10.1 Å². The fourth-order valence-electron chi connectivity index (χ4n) is 2.82. The van der Waals surface area contributed by atoms with E-state index in [0.29, 0.717) is 19.1 Å². The lowest BCUT2D eigenvalue weighted by Crippen LogP contribution is -2.29. The van der Waals surface area contributed by atoms with Gasteiger partial charge < -0.3 is 19.9 Å². The van der Waals surface area contributed by atoms with Gasteiger partial charge in [0.05, 0.1) is 19.8 Å². The van der Waals surface area contributed by atoms with Gasteiger partial charge in [0.15, 0.2) is 0 Å². The zero-order valence-corrected chi connectivity index (χ0v) is 12.4. The molecule has 0 bridgehead atoms. The first-order valence-corrected chi connectivity index (χ1v) is 7.31. The van der Waals surface area contributed by atoms with E-state index >= 15 is 0 Å². The summed E-state index contributed by atoms with van der Waals surface area (Å²) in [6.45, 7) is 1.20. The standard InChI is InChI=1S/C16H25NO3/c1-19-11-13(18)8-9-17-16-5-3-4-12-6-7-14(20-2)10-15(12)16/h6-7,10,13,16-18H,3-5,8-9,11H2,1-2H3. The summed E-state index contributed by atoms with van der Waals surface area (Å²) < 4.78 is 10.3. The SMILES string of the molecule is COCC(O)CCNC1CCCc2ccc(OC)cc21. The van der Waals surface area contributed by atoms with E-state index in [9.17, 15) is 5.11 Å². The summed E-state index contributed by atoms with van der Waals surface area (Å²) in [6.07, 6.45) is 3.81. The number of aliphatic hydroxyl groups is 1. The summed E-state index contributed by atoms with van der Waals surface area (Å²) in [6, 6.07) is 6.70. The monoisotopic (exact) mass is 279 g/mol. The summed E-state index contributed by atoms with van der Waals surface area (Å²) >= 11 is 0. The molecular weight excluding hydrogens is 254 g/mol. The average Bonchev–Trinajstić information content (AvgIpc) is 2.47. The van der Waals surface area contributed by atoms with Crippen LogP contribution in [0.2, 0.25) is 0 Å². The van der Waals surface area contributed by atoms with Crippen molar-refractivity contribution >= 4 is 0 Å². The van der Waals surface area contributed by atoms with Gasteiger partial charge in [-0.2, -0.15) is 0 Å². The first-order chi connectivity index (χ1) is 9.74. The van der Waals surface area contributed by atoms with Crippen molar-refractivity contribution in [3.63, 3.8) is 0 Å². The molecule has 1 aromatic carbocycles. The summed E-state index contributed by atoms with van der Waals surface area (Å²) in [5.41, 5.74) is 2.75. The smallest absolute Gasteiger partial charge is 0.119 e. The molecule has 0 amide bonds. The van der Waals surface area contributed by atoms with E-state index in [1.165, 1.54) is 17.5 Å². The molecule has 0 radical (unpaired) electrons. The Balaban J connectivity index is 1.94. The molecule has 1 aromatic rings. The number of ether oxygens (including phenoxy) is 2. The first-order valence-electron chi connectivity index (χ1n) is 7.31. The van der Waals surface area contributed by atoms with E-state index in [1.807, 2.05) is 6.07 Å². The highest BCUT2D eigenvalue weighted by atomic mass is 16.5. The highest BCUT2D eigenvalue weighted by Crippen LogP contribution is 2.32. The van der Waals surface area contributed by atoms with Crippen LogP contribution in [0.3, 0.4) is 0 Å². The summed E-state index contributed by atoms with van der Waals surface area (Å²) in [4.78, 5) is 0. The van der Waals surface area contributed by atoms with Gasteiger partial charge in [-0.1, -0.05) is 6.07 Å². The minimum absolute atomic E-state index is 0.364. The van der Waals surface area contributed by atoms with Gasteiger partial charge in [0, 0.05) is 13.2 Å². The predicted octanol–water partition coefficient (Wildman–Crippen LogP) is 2.06. The second-order valence-corrected chi connectivity index (χ2v) is 5.36. The number of methoxy groups -OCH3 is 2. The Morgan fingerprint density at radius 3 is 3.00 bits per heavy atom. The molecule has 20 heavy (non-hydrogen) atoms. The molecule has 2 rings (SSSR count). The van der Waals surface area contributed by atoms with Crippen LogP contribution in [-0.4, -0.2) is 38.6 Å². The fraction of sp³-hybridized carbons (Fsp3) is 0.625. The van der Waals surface area contributed by atoms with Crippen molar-refractivity contribution in [1.82, 2.24) is 5.32 Å². The van der Waals surface area contributed by atoms with Crippen LogP contribution in [0.5, 0.6) is 5.75 Å². The van der Waals surface area contributed by atoms with Crippen LogP contribution in [0.1, 0.15) is 36.4 Å². The van der Waals surface area contributed by atoms with Crippen molar-refractivity contribution in [3.05, 3.63) is 29.3 Å². The molecule has 1 aliphatic carbocycles. The van der Waals surface area contributed by atoms with Crippen molar-refractivity contribution in [3.8, 4) is 5.75 Å². The van der Waals surface area contributed by atoms with E-state index < -0.39 is 0 Å². The second kappa shape index (κ2) is 7.62. The quantitative estimate of drug-likeness (QED) is 0.802. The van der Waals surface area contributed by atoms with Crippen LogP contribution in [0.25, 0.3) is 0 Å². The average molecular weight is 279 g/mol. The van der Waals surface area contributed by atoms with Crippen LogP contribution in [0.15, 0.2) is 18.2 Å². The number of nitrogens with one attached hydrogen (secondary N) is 1. The van der Waals surface area contributed by atoms with Crippen LogP contribution in [0.4, 0.5) is 0 Å². The fourth-order valence-corrected chi connectivity index (χ4v) is 2.82. The molecule has 0 aliphatic heterocycles. The van der Waals surface area contributed by atoms with Gasteiger partial charge in [0.25, 0.3) is 0 Å². The van der Waals surface area contributed by atoms with Crippen LogP contribution in [0, 0.1) is 0 Å². The molecule has 0 saturated carbocycles. The molecule has 2 unspecified atom stereocenters. The summed E-state index contributed by atoms with van der Waals surface area (Å²) in [7, 11) is 3.31. The molecule has 2 atom stereocenters. The second-order valence-electron chi connectivity index (χ2n) is 5.36. The Bertz CT molecular complexity index is 422. The molecule has 0 aromatic heterocycles. The third kappa shape index (κ3) is 3.95. The number of rotatable bonds is 7. The highest BCUT2D eigenvalue weighted by Gasteiger charge is 2.20. The summed E-state index contributed by atoms with van der Waals surface area (Å²) in [5.74, 6) is 0.914. The van der Waals surface area contributed by atoms with Crippen molar-refractivity contribution in [2.24, 2.45) is 0 Å². The van der Waals surface area contributed by atoms with E-state index in [2.05, 4.69) is 17.4 Å². The van der Waals surface area contributed by atoms with Gasteiger partial charge in [-0.25, -0.2) is 0 Å². The molecular formula is C16H25NO3. The normalized spacial score (nSPS) is 19.4. The number of aliphatic hydroxyl groups excluding tert-OH is 1. The minimum Gasteiger partial charge on any atom is -0.497 e.